The first-order chi connectivity index (χ1) is 12.1. The van der Waals surface area contributed by atoms with Crippen molar-refractivity contribution in [2.75, 3.05) is 0 Å². The Kier molecular flexibility index (Phi) is 16.0. The van der Waals surface area contributed by atoms with Gasteiger partial charge in [-0.3, -0.25) is 0 Å². The number of hydrogen-bond acceptors (Lipinski definition) is 3. The van der Waals surface area contributed by atoms with Gasteiger partial charge in [0.1, 0.15) is 0 Å². The molecule has 0 heterocycles. The summed E-state index contributed by atoms with van der Waals surface area (Å²) in [5.41, 5.74) is 5.79. The fraction of sp³-hybridized carbons (Fsp3) is 0.632. The highest BCUT2D eigenvalue weighted by molar-refractivity contribution is 7.62. The highest BCUT2D eigenvalue weighted by Crippen LogP contribution is 2.12. The first-order valence-corrected chi connectivity index (χ1v) is 10.2. The molecule has 0 radical (unpaired) electrons. The average molecular weight is 369 g/mol. The maximum Gasteiger partial charge on any atom is 0.353 e. The quantitative estimate of drug-likeness (QED) is 0.539. The molecule has 0 aliphatic rings. The minimum absolute atomic E-state index is 1.20. The minimum atomic E-state index is -2.70. The first-order valence-electron chi connectivity index (χ1n) is 9.20. The van der Waals surface area contributed by atoms with Crippen molar-refractivity contribution in [2.45, 2.75) is 77.6 Å². The number of primary amides is 1. The minimum Gasteiger partial charge on any atom is -0.349 e. The van der Waals surface area contributed by atoms with Crippen LogP contribution in [0.4, 0.5) is 4.79 Å². The van der Waals surface area contributed by atoms with E-state index in [4.69, 9.17) is 0 Å². The molecule has 142 valence electrons. The van der Waals surface area contributed by atoms with Crippen LogP contribution in [0.3, 0.4) is 0 Å². The van der Waals surface area contributed by atoms with E-state index in [1.54, 1.807) is 0 Å². The van der Waals surface area contributed by atoms with Crippen molar-refractivity contribution in [3.63, 3.8) is 0 Å². The molecule has 1 rings (SSSR count). The molecule has 0 aliphatic carbocycles. The van der Waals surface area contributed by atoms with Crippen LogP contribution in [0, 0.1) is 0 Å². The van der Waals surface area contributed by atoms with Crippen molar-refractivity contribution >= 4 is 16.5 Å². The normalized spacial score (nSPS) is 9.80. The number of urea groups is 1. The second-order valence-corrected chi connectivity index (χ2v) is 6.68. The van der Waals surface area contributed by atoms with Gasteiger partial charge in [0.2, 0.25) is 0 Å². The SMILES string of the molecule is CCCCCCCCCCCCc1ccccc1.NC(=O)N=S(=O)=O. The van der Waals surface area contributed by atoms with Crippen molar-refractivity contribution in [3.8, 4) is 0 Å². The molecule has 0 atom stereocenters. The molecule has 1 aromatic rings. The van der Waals surface area contributed by atoms with Gasteiger partial charge in [0.05, 0.1) is 0 Å². The van der Waals surface area contributed by atoms with E-state index in [2.05, 4.69) is 47.4 Å². The van der Waals surface area contributed by atoms with E-state index in [1.165, 1.54) is 76.2 Å². The molecule has 0 saturated heterocycles. The Labute approximate surface area is 153 Å². The van der Waals surface area contributed by atoms with Gasteiger partial charge in [-0.15, -0.1) is 0 Å². The molecule has 0 aliphatic heterocycles. The summed E-state index contributed by atoms with van der Waals surface area (Å²) < 4.78 is 21.0. The zero-order valence-electron chi connectivity index (χ0n) is 15.3. The predicted octanol–water partition coefficient (Wildman–Crippen LogP) is 5.28. The molecule has 0 bridgehead atoms. The van der Waals surface area contributed by atoms with Crippen LogP contribution in [0.5, 0.6) is 0 Å². The third-order valence-corrected chi connectivity index (χ3v) is 4.16. The molecule has 0 fully saturated rings. The van der Waals surface area contributed by atoms with Gasteiger partial charge in [-0.1, -0.05) is 99.4 Å². The summed E-state index contributed by atoms with van der Waals surface area (Å²) in [6.45, 7) is 2.28. The third-order valence-electron chi connectivity index (χ3n) is 3.83. The van der Waals surface area contributed by atoms with E-state index in [1.807, 2.05) is 0 Å². The first kappa shape index (κ1) is 23.3. The largest absolute Gasteiger partial charge is 0.353 e. The number of nitrogens with zero attached hydrogens (tertiary/aromatic N) is 1. The zero-order chi connectivity index (χ0) is 18.8. The van der Waals surface area contributed by atoms with Crippen LogP contribution in [0.2, 0.25) is 0 Å². The monoisotopic (exact) mass is 368 g/mol. The topological polar surface area (TPSA) is 89.6 Å². The number of carbonyl (C=O) groups excluding carboxylic acids is 1. The summed E-state index contributed by atoms with van der Waals surface area (Å²) in [6, 6.07) is 9.68. The molecule has 1 aromatic carbocycles. The summed E-state index contributed by atoms with van der Waals surface area (Å²) in [5.74, 6) is 0. The van der Waals surface area contributed by atoms with Crippen LogP contribution >= 0.6 is 0 Å². The van der Waals surface area contributed by atoms with E-state index in [-0.39, 0.29) is 0 Å². The lowest BCUT2D eigenvalue weighted by Gasteiger charge is -2.03. The maximum atomic E-state index is 9.47. The number of hydrogen-bond donors (Lipinski definition) is 1. The van der Waals surface area contributed by atoms with Crippen LogP contribution in [-0.2, 0) is 16.9 Å². The summed E-state index contributed by atoms with van der Waals surface area (Å²) in [5, 5.41) is 0. The summed E-state index contributed by atoms with van der Waals surface area (Å²) >= 11 is 0. The van der Waals surface area contributed by atoms with Crippen LogP contribution in [0.15, 0.2) is 34.7 Å². The van der Waals surface area contributed by atoms with Gasteiger partial charge in [0, 0.05) is 0 Å². The summed E-state index contributed by atoms with van der Waals surface area (Å²) in [6.07, 6.45) is 15.5. The van der Waals surface area contributed by atoms with Crippen molar-refractivity contribution in [1.29, 1.82) is 0 Å². The fourth-order valence-corrected chi connectivity index (χ4v) is 2.68. The van der Waals surface area contributed by atoms with Gasteiger partial charge in [-0.25, -0.2) is 4.79 Å². The highest BCUT2D eigenvalue weighted by Gasteiger charge is 1.94. The average Bonchev–Trinajstić information content (AvgIpc) is 2.57. The number of aryl methyl sites for hydroxylation is 1. The Morgan fingerprint density at radius 1 is 0.880 bits per heavy atom. The molecule has 0 saturated carbocycles. The molecule has 6 heteroatoms. The molecule has 2 N–H and O–H groups in total. The predicted molar refractivity (Wildman–Crippen MR) is 103 cm³/mol. The van der Waals surface area contributed by atoms with Crippen molar-refractivity contribution in [1.82, 2.24) is 0 Å². The molecule has 2 amide bonds. The number of unbranched alkanes of at least 4 members (excludes halogenated alkanes) is 9. The molecular weight excluding hydrogens is 336 g/mol. The van der Waals surface area contributed by atoms with Crippen molar-refractivity contribution < 1.29 is 13.2 Å². The van der Waals surface area contributed by atoms with Gasteiger partial charge in [-0.2, -0.15) is 8.42 Å². The Morgan fingerprint density at radius 2 is 1.36 bits per heavy atom. The number of carbonyl (C=O) groups is 1. The van der Waals surface area contributed by atoms with Gasteiger partial charge in [0.15, 0.2) is 0 Å². The second-order valence-electron chi connectivity index (χ2n) is 6.06. The van der Waals surface area contributed by atoms with E-state index in [0.717, 1.165) is 0 Å². The standard InChI is InChI=1S/C18H30.CH2N2O3S/c1-2-3-4-5-6-7-8-9-10-12-15-18-16-13-11-14-17-18;2-1(4)3-7(5)6/h11,13-14,16-17H,2-10,12,15H2,1H3;(H2,2,4). The lowest BCUT2D eigenvalue weighted by molar-refractivity contribution is 0.257. The molecule has 0 unspecified atom stereocenters. The molecule has 0 aromatic heterocycles. The number of rotatable bonds is 11. The van der Waals surface area contributed by atoms with E-state index in [9.17, 15) is 13.2 Å². The maximum absolute atomic E-state index is 9.47. The number of amides is 2. The number of nitrogens with two attached hydrogens (primary N) is 1. The molecule has 5 nitrogen and oxygen atoms in total. The van der Waals surface area contributed by atoms with Gasteiger partial charge in [-0.05, 0) is 18.4 Å². The zero-order valence-corrected chi connectivity index (χ0v) is 16.1. The summed E-state index contributed by atoms with van der Waals surface area (Å²) in [7, 11) is -2.70. The second kappa shape index (κ2) is 17.1. The Hall–Kier alpha value is -1.69. The van der Waals surface area contributed by atoms with Crippen LogP contribution in [0.1, 0.15) is 76.7 Å². The lowest BCUT2D eigenvalue weighted by Crippen LogP contribution is -2.02. The number of benzene rings is 1. The molecule has 25 heavy (non-hydrogen) atoms. The van der Waals surface area contributed by atoms with Crippen molar-refractivity contribution in [2.24, 2.45) is 10.1 Å². The molecule has 0 spiro atoms. The highest BCUT2D eigenvalue weighted by atomic mass is 32.2. The van der Waals surface area contributed by atoms with Crippen LogP contribution < -0.4 is 5.73 Å². The van der Waals surface area contributed by atoms with E-state index in [0.29, 0.717) is 0 Å². The van der Waals surface area contributed by atoms with Gasteiger partial charge < -0.3 is 5.73 Å². The Morgan fingerprint density at radius 3 is 1.76 bits per heavy atom. The van der Waals surface area contributed by atoms with E-state index < -0.39 is 16.5 Å². The Bertz CT molecular complexity index is 564. The third kappa shape index (κ3) is 18.5. The van der Waals surface area contributed by atoms with Crippen molar-refractivity contribution in [3.05, 3.63) is 35.9 Å². The van der Waals surface area contributed by atoms with E-state index >= 15 is 0 Å². The lowest BCUT2D eigenvalue weighted by atomic mass is 10.0. The fourth-order valence-electron chi connectivity index (χ4n) is 2.53. The smallest absolute Gasteiger partial charge is 0.349 e. The summed E-state index contributed by atoms with van der Waals surface area (Å²) in [4.78, 5) is 9.47. The Balaban J connectivity index is 0.000000697. The van der Waals surface area contributed by atoms with Gasteiger partial charge >= 0.3 is 16.5 Å². The van der Waals surface area contributed by atoms with Crippen LogP contribution in [0.25, 0.3) is 0 Å². The van der Waals surface area contributed by atoms with Crippen LogP contribution in [-0.4, -0.2) is 14.4 Å². The van der Waals surface area contributed by atoms with Gasteiger partial charge in [0.25, 0.3) is 0 Å². The molecular formula is C19H32N2O3S.